The number of rotatable bonds is 6. The van der Waals surface area contributed by atoms with Gasteiger partial charge in [-0.05, 0) is 32.4 Å². The van der Waals surface area contributed by atoms with Crippen molar-refractivity contribution in [2.24, 2.45) is 0 Å². The number of para-hydroxylation sites is 2. The molecule has 2 N–H and O–H groups in total. The maximum absolute atomic E-state index is 12.0. The molecule has 1 amide bonds. The molecule has 1 saturated heterocycles. The largest absolute Gasteiger partial charge is 0.489 e. The first-order valence-electron chi connectivity index (χ1n) is 7.35. The number of nitrogens with one attached hydrogen (secondary N) is 2. The van der Waals surface area contributed by atoms with Gasteiger partial charge >= 0.3 is 0 Å². The van der Waals surface area contributed by atoms with Gasteiger partial charge in [-0.1, -0.05) is 12.1 Å². The van der Waals surface area contributed by atoms with Crippen LogP contribution in [-0.4, -0.2) is 44.5 Å². The van der Waals surface area contributed by atoms with Crippen LogP contribution in [0.4, 0.5) is 5.69 Å². The monoisotopic (exact) mass is 326 g/mol. The number of hydrogen-bond acceptors (Lipinski definition) is 5. The van der Waals surface area contributed by atoms with Crippen molar-refractivity contribution in [3.8, 4) is 5.75 Å². The highest BCUT2D eigenvalue weighted by Crippen LogP contribution is 2.24. The van der Waals surface area contributed by atoms with Crippen LogP contribution in [0, 0.1) is 0 Å². The second kappa shape index (κ2) is 7.11. The molecule has 1 aliphatic rings. The molecule has 2 rings (SSSR count). The lowest BCUT2D eigenvalue weighted by Crippen LogP contribution is -2.36. The number of sulfone groups is 1. The molecular formula is C15H22N2O4S. The summed E-state index contributed by atoms with van der Waals surface area (Å²) in [5, 5.41) is 5.77. The van der Waals surface area contributed by atoms with E-state index < -0.39 is 9.84 Å². The van der Waals surface area contributed by atoms with E-state index in [1.807, 2.05) is 26.0 Å². The molecule has 0 radical (unpaired) electrons. The van der Waals surface area contributed by atoms with Crippen LogP contribution in [-0.2, 0) is 14.6 Å². The third kappa shape index (κ3) is 4.99. The average Bonchev–Trinajstić information content (AvgIpc) is 2.78. The van der Waals surface area contributed by atoms with Crippen LogP contribution in [0.5, 0.6) is 5.75 Å². The van der Waals surface area contributed by atoms with Gasteiger partial charge in [0.25, 0.3) is 0 Å². The standard InChI is InChI=1S/C15H22N2O4S/c1-11(2)21-14-6-4-3-5-13(14)17-15(18)9-16-12-7-8-22(19,20)10-12/h3-6,11-12,16H,7-10H2,1-2H3,(H,17,18). The number of ether oxygens (including phenoxy) is 1. The number of hydrogen-bond donors (Lipinski definition) is 2. The van der Waals surface area contributed by atoms with E-state index in [9.17, 15) is 13.2 Å². The molecule has 0 aliphatic carbocycles. The molecule has 7 heteroatoms. The van der Waals surface area contributed by atoms with Crippen molar-refractivity contribution in [1.82, 2.24) is 5.32 Å². The molecule has 122 valence electrons. The van der Waals surface area contributed by atoms with E-state index in [1.165, 1.54) is 0 Å². The number of anilines is 1. The Kier molecular flexibility index (Phi) is 5.42. The van der Waals surface area contributed by atoms with Gasteiger partial charge in [0.2, 0.25) is 5.91 Å². The summed E-state index contributed by atoms with van der Waals surface area (Å²) >= 11 is 0. The third-order valence-corrected chi connectivity index (χ3v) is 5.08. The van der Waals surface area contributed by atoms with Crippen molar-refractivity contribution in [1.29, 1.82) is 0 Å². The Morgan fingerprint density at radius 2 is 2.09 bits per heavy atom. The second-order valence-electron chi connectivity index (χ2n) is 5.69. The predicted molar refractivity (Wildman–Crippen MR) is 85.9 cm³/mol. The zero-order valence-corrected chi connectivity index (χ0v) is 13.7. The number of benzene rings is 1. The van der Waals surface area contributed by atoms with E-state index in [0.29, 0.717) is 17.9 Å². The van der Waals surface area contributed by atoms with Crippen molar-refractivity contribution in [2.45, 2.75) is 32.4 Å². The van der Waals surface area contributed by atoms with Gasteiger partial charge in [0.1, 0.15) is 5.75 Å². The summed E-state index contributed by atoms with van der Waals surface area (Å²) in [5.74, 6) is 0.698. The van der Waals surface area contributed by atoms with E-state index in [2.05, 4.69) is 10.6 Å². The van der Waals surface area contributed by atoms with Crippen LogP contribution in [0.1, 0.15) is 20.3 Å². The van der Waals surface area contributed by atoms with E-state index in [1.54, 1.807) is 12.1 Å². The minimum atomic E-state index is -2.94. The lowest BCUT2D eigenvalue weighted by Gasteiger charge is -2.15. The van der Waals surface area contributed by atoms with Crippen LogP contribution in [0.25, 0.3) is 0 Å². The first-order valence-corrected chi connectivity index (χ1v) is 9.17. The molecule has 1 fully saturated rings. The minimum absolute atomic E-state index is 0.0138. The molecule has 1 aromatic carbocycles. The van der Waals surface area contributed by atoms with E-state index >= 15 is 0 Å². The van der Waals surface area contributed by atoms with Gasteiger partial charge < -0.3 is 15.4 Å². The topological polar surface area (TPSA) is 84.5 Å². The quantitative estimate of drug-likeness (QED) is 0.820. The normalized spacial score (nSPS) is 20.0. The number of carbonyl (C=O) groups is 1. The second-order valence-corrected chi connectivity index (χ2v) is 7.92. The molecule has 1 heterocycles. The van der Waals surface area contributed by atoms with Gasteiger partial charge in [0.05, 0.1) is 29.8 Å². The summed E-state index contributed by atoms with van der Waals surface area (Å²) in [6.07, 6.45) is 0.572. The minimum Gasteiger partial charge on any atom is -0.489 e. The third-order valence-electron chi connectivity index (χ3n) is 3.31. The number of amides is 1. The maximum Gasteiger partial charge on any atom is 0.238 e. The summed E-state index contributed by atoms with van der Waals surface area (Å²) in [6, 6.07) is 7.09. The molecule has 0 saturated carbocycles. The van der Waals surface area contributed by atoms with Crippen molar-refractivity contribution in [2.75, 3.05) is 23.4 Å². The molecule has 0 spiro atoms. The molecule has 1 aliphatic heterocycles. The SMILES string of the molecule is CC(C)Oc1ccccc1NC(=O)CNC1CCS(=O)(=O)C1. The highest BCUT2D eigenvalue weighted by atomic mass is 32.2. The smallest absolute Gasteiger partial charge is 0.238 e. The Balaban J connectivity index is 1.87. The first-order chi connectivity index (χ1) is 10.4. The van der Waals surface area contributed by atoms with Gasteiger partial charge in [-0.25, -0.2) is 8.42 Å². The molecule has 0 bridgehead atoms. The highest BCUT2D eigenvalue weighted by molar-refractivity contribution is 7.91. The Morgan fingerprint density at radius 3 is 2.73 bits per heavy atom. The Hall–Kier alpha value is -1.60. The molecule has 1 unspecified atom stereocenters. The van der Waals surface area contributed by atoms with Gasteiger partial charge in [0, 0.05) is 6.04 Å². The number of carbonyl (C=O) groups excluding carboxylic acids is 1. The van der Waals surface area contributed by atoms with Gasteiger partial charge in [-0.3, -0.25) is 4.79 Å². The van der Waals surface area contributed by atoms with Crippen LogP contribution >= 0.6 is 0 Å². The lowest BCUT2D eigenvalue weighted by atomic mass is 10.2. The molecule has 0 aromatic heterocycles. The summed E-state index contributed by atoms with van der Waals surface area (Å²) in [6.45, 7) is 3.91. The fraction of sp³-hybridized carbons (Fsp3) is 0.533. The van der Waals surface area contributed by atoms with Crippen LogP contribution in [0.3, 0.4) is 0 Å². The predicted octanol–water partition coefficient (Wildman–Crippen LogP) is 1.19. The highest BCUT2D eigenvalue weighted by Gasteiger charge is 2.27. The Bertz CT molecular complexity index is 628. The fourth-order valence-electron chi connectivity index (χ4n) is 2.31. The van der Waals surface area contributed by atoms with Crippen LogP contribution < -0.4 is 15.4 Å². The first kappa shape index (κ1) is 16.8. The van der Waals surface area contributed by atoms with Gasteiger partial charge in [-0.2, -0.15) is 0 Å². The van der Waals surface area contributed by atoms with Crippen molar-refractivity contribution < 1.29 is 17.9 Å². The van der Waals surface area contributed by atoms with Crippen molar-refractivity contribution in [3.05, 3.63) is 24.3 Å². The summed E-state index contributed by atoms with van der Waals surface area (Å²) in [4.78, 5) is 12.0. The van der Waals surface area contributed by atoms with Gasteiger partial charge in [-0.15, -0.1) is 0 Å². The van der Waals surface area contributed by atoms with E-state index in [0.717, 1.165) is 0 Å². The summed E-state index contributed by atoms with van der Waals surface area (Å²) in [7, 11) is -2.94. The summed E-state index contributed by atoms with van der Waals surface area (Å²) in [5.41, 5.74) is 0.613. The van der Waals surface area contributed by atoms with E-state index in [-0.39, 0.29) is 36.1 Å². The zero-order chi connectivity index (χ0) is 16.2. The lowest BCUT2D eigenvalue weighted by molar-refractivity contribution is -0.115. The van der Waals surface area contributed by atoms with Gasteiger partial charge in [0.15, 0.2) is 9.84 Å². The zero-order valence-electron chi connectivity index (χ0n) is 12.8. The molecule has 22 heavy (non-hydrogen) atoms. The molecular weight excluding hydrogens is 304 g/mol. The fourth-order valence-corrected chi connectivity index (χ4v) is 4.02. The maximum atomic E-state index is 12.0. The summed E-state index contributed by atoms with van der Waals surface area (Å²) < 4.78 is 28.4. The van der Waals surface area contributed by atoms with Crippen LogP contribution in [0.15, 0.2) is 24.3 Å². The molecule has 1 aromatic rings. The average molecular weight is 326 g/mol. The van der Waals surface area contributed by atoms with Crippen molar-refractivity contribution >= 4 is 21.4 Å². The Labute approximate surface area is 131 Å². The van der Waals surface area contributed by atoms with E-state index in [4.69, 9.17) is 4.74 Å². The molecule has 6 nitrogen and oxygen atoms in total. The molecule has 1 atom stereocenters. The Morgan fingerprint density at radius 1 is 1.36 bits per heavy atom. The van der Waals surface area contributed by atoms with Crippen LogP contribution in [0.2, 0.25) is 0 Å². The van der Waals surface area contributed by atoms with Crippen molar-refractivity contribution in [3.63, 3.8) is 0 Å².